The third-order valence-electron chi connectivity index (χ3n) is 5.87. The largest absolute Gasteiger partial charge is 0.503 e. The highest BCUT2D eigenvalue weighted by Crippen LogP contribution is 2.43. The van der Waals surface area contributed by atoms with Crippen molar-refractivity contribution in [2.45, 2.75) is 19.4 Å². The van der Waals surface area contributed by atoms with Crippen LogP contribution in [0.25, 0.3) is 5.57 Å². The summed E-state index contributed by atoms with van der Waals surface area (Å²) in [4.78, 5) is 14.9. The molecule has 0 bridgehead atoms. The van der Waals surface area contributed by atoms with E-state index in [2.05, 4.69) is 0 Å². The molecule has 0 unspecified atom stereocenters. The van der Waals surface area contributed by atoms with Gasteiger partial charge in [0.15, 0.2) is 17.3 Å². The number of nitrogens with zero attached hydrogens (tertiary/aromatic N) is 1. The zero-order chi connectivity index (χ0) is 22.7. The molecule has 3 aromatic rings. The third kappa shape index (κ3) is 4.06. The Kier molecular flexibility index (Phi) is 6.17. The van der Waals surface area contributed by atoms with Crippen LogP contribution in [0.4, 0.5) is 0 Å². The van der Waals surface area contributed by atoms with Crippen molar-refractivity contribution in [2.24, 2.45) is 0 Å². The number of carbonyl (C=O) groups excluding carboxylic acids is 1. The van der Waals surface area contributed by atoms with Crippen molar-refractivity contribution < 1.29 is 19.4 Å². The van der Waals surface area contributed by atoms with E-state index < -0.39 is 0 Å². The van der Waals surface area contributed by atoms with Crippen molar-refractivity contribution in [1.29, 1.82) is 0 Å². The van der Waals surface area contributed by atoms with E-state index in [9.17, 15) is 9.90 Å². The standard InChI is InChI=1S/C27H27NO4/c1-18-9-12-20(13-10-18)24-25(21-7-5-4-6-8-21)28(27(30)26(24)29)16-15-19-11-14-22(31-2)23(17-19)32-3/h4-14,17,25,29H,15-16H2,1-3H3/t25-/m0/s1. The van der Waals surface area contributed by atoms with Gasteiger partial charge in [0.05, 0.1) is 20.3 Å². The highest BCUT2D eigenvalue weighted by molar-refractivity contribution is 6.05. The van der Waals surface area contributed by atoms with Gasteiger partial charge in [-0.1, -0.05) is 66.2 Å². The normalized spacial score (nSPS) is 15.9. The Labute approximate surface area is 188 Å². The average molecular weight is 430 g/mol. The van der Waals surface area contributed by atoms with Crippen LogP contribution >= 0.6 is 0 Å². The summed E-state index contributed by atoms with van der Waals surface area (Å²) >= 11 is 0. The molecule has 1 amide bonds. The molecule has 1 aliphatic rings. The van der Waals surface area contributed by atoms with Crippen molar-refractivity contribution in [1.82, 2.24) is 4.90 Å². The van der Waals surface area contributed by atoms with Gasteiger partial charge >= 0.3 is 0 Å². The number of hydrogen-bond donors (Lipinski definition) is 1. The number of aryl methyl sites for hydroxylation is 1. The van der Waals surface area contributed by atoms with Crippen LogP contribution in [0.1, 0.15) is 28.3 Å². The summed E-state index contributed by atoms with van der Waals surface area (Å²) in [6.07, 6.45) is 0.615. The molecule has 3 aromatic carbocycles. The smallest absolute Gasteiger partial charge is 0.289 e. The molecule has 0 saturated carbocycles. The molecule has 1 heterocycles. The minimum Gasteiger partial charge on any atom is -0.503 e. The Hall–Kier alpha value is -3.73. The van der Waals surface area contributed by atoms with Gasteiger partial charge in [0.2, 0.25) is 0 Å². The summed E-state index contributed by atoms with van der Waals surface area (Å²) in [5.41, 5.74) is 4.61. The van der Waals surface area contributed by atoms with E-state index in [1.165, 1.54) is 0 Å². The lowest BCUT2D eigenvalue weighted by Gasteiger charge is -2.27. The molecule has 5 heteroatoms. The summed E-state index contributed by atoms with van der Waals surface area (Å²) < 4.78 is 10.7. The molecule has 0 saturated heterocycles. The summed E-state index contributed by atoms with van der Waals surface area (Å²) in [6, 6.07) is 23.1. The predicted octanol–water partition coefficient (Wildman–Crippen LogP) is 5.11. The van der Waals surface area contributed by atoms with E-state index in [-0.39, 0.29) is 17.7 Å². The fraction of sp³-hybridized carbons (Fsp3) is 0.222. The van der Waals surface area contributed by atoms with Gasteiger partial charge in [-0.15, -0.1) is 0 Å². The van der Waals surface area contributed by atoms with Gasteiger partial charge < -0.3 is 19.5 Å². The lowest BCUT2D eigenvalue weighted by Crippen LogP contribution is -2.32. The topological polar surface area (TPSA) is 59.0 Å². The Morgan fingerprint density at radius 1 is 0.906 bits per heavy atom. The van der Waals surface area contributed by atoms with Gasteiger partial charge in [-0.3, -0.25) is 4.79 Å². The van der Waals surface area contributed by atoms with Crippen LogP contribution in [0.3, 0.4) is 0 Å². The van der Waals surface area contributed by atoms with E-state index >= 15 is 0 Å². The predicted molar refractivity (Wildman–Crippen MR) is 125 cm³/mol. The van der Waals surface area contributed by atoms with Gasteiger partial charge in [-0.25, -0.2) is 0 Å². The second kappa shape index (κ2) is 9.18. The fourth-order valence-electron chi connectivity index (χ4n) is 4.18. The average Bonchev–Trinajstić information content (AvgIpc) is 3.08. The van der Waals surface area contributed by atoms with Gasteiger partial charge in [-0.05, 0) is 42.2 Å². The number of rotatable bonds is 7. The molecule has 0 aromatic heterocycles. The van der Waals surface area contributed by atoms with E-state index in [1.807, 2.05) is 79.7 Å². The van der Waals surface area contributed by atoms with Crippen LogP contribution in [0.2, 0.25) is 0 Å². The van der Waals surface area contributed by atoms with Crippen LogP contribution < -0.4 is 9.47 Å². The van der Waals surface area contributed by atoms with E-state index in [0.29, 0.717) is 30.0 Å². The molecule has 1 aliphatic heterocycles. The molecule has 0 spiro atoms. The maximum atomic E-state index is 13.2. The second-order valence-electron chi connectivity index (χ2n) is 7.88. The zero-order valence-corrected chi connectivity index (χ0v) is 18.5. The summed E-state index contributed by atoms with van der Waals surface area (Å²) in [6.45, 7) is 2.47. The first-order chi connectivity index (χ1) is 15.5. The number of carbonyl (C=O) groups is 1. The minimum atomic E-state index is -0.355. The number of methoxy groups -OCH3 is 2. The van der Waals surface area contributed by atoms with Gasteiger partial charge in [0.25, 0.3) is 5.91 Å². The van der Waals surface area contributed by atoms with E-state index in [4.69, 9.17) is 9.47 Å². The molecular formula is C27H27NO4. The van der Waals surface area contributed by atoms with Crippen molar-refractivity contribution in [2.75, 3.05) is 20.8 Å². The zero-order valence-electron chi connectivity index (χ0n) is 18.5. The quantitative estimate of drug-likeness (QED) is 0.567. The first-order valence-electron chi connectivity index (χ1n) is 10.6. The van der Waals surface area contributed by atoms with Crippen LogP contribution in [-0.2, 0) is 11.2 Å². The minimum absolute atomic E-state index is 0.185. The highest BCUT2D eigenvalue weighted by atomic mass is 16.5. The summed E-state index contributed by atoms with van der Waals surface area (Å²) in [5.74, 6) is 0.778. The molecule has 1 N–H and O–H groups in total. The molecule has 5 nitrogen and oxygen atoms in total. The molecule has 0 fully saturated rings. The first-order valence-corrected chi connectivity index (χ1v) is 10.6. The number of amides is 1. The molecule has 1 atom stereocenters. The Balaban J connectivity index is 1.67. The van der Waals surface area contributed by atoms with Gasteiger partial charge in [0, 0.05) is 12.1 Å². The third-order valence-corrected chi connectivity index (χ3v) is 5.87. The molecular weight excluding hydrogens is 402 g/mol. The van der Waals surface area contributed by atoms with Crippen LogP contribution in [0.5, 0.6) is 11.5 Å². The maximum Gasteiger partial charge on any atom is 0.289 e. The molecule has 164 valence electrons. The number of ether oxygens (including phenoxy) is 2. The Morgan fingerprint density at radius 3 is 2.25 bits per heavy atom. The molecule has 0 aliphatic carbocycles. The lowest BCUT2D eigenvalue weighted by atomic mass is 9.93. The molecule has 0 radical (unpaired) electrons. The van der Waals surface area contributed by atoms with Crippen molar-refractivity contribution in [3.8, 4) is 11.5 Å². The molecule has 4 rings (SSSR count). The van der Waals surface area contributed by atoms with Crippen molar-refractivity contribution in [3.05, 3.63) is 101 Å². The van der Waals surface area contributed by atoms with Crippen LogP contribution in [0, 0.1) is 6.92 Å². The van der Waals surface area contributed by atoms with Crippen LogP contribution in [0.15, 0.2) is 78.6 Å². The Morgan fingerprint density at radius 2 is 1.59 bits per heavy atom. The van der Waals surface area contributed by atoms with Gasteiger partial charge in [-0.2, -0.15) is 0 Å². The van der Waals surface area contributed by atoms with E-state index in [1.54, 1.807) is 19.1 Å². The SMILES string of the molecule is COc1ccc(CCN2C(=O)C(O)=C(c3ccc(C)cc3)[C@@H]2c2ccccc2)cc1OC. The van der Waals surface area contributed by atoms with E-state index in [0.717, 1.165) is 22.3 Å². The molecule has 32 heavy (non-hydrogen) atoms. The summed E-state index contributed by atoms with van der Waals surface area (Å²) in [5, 5.41) is 10.9. The number of hydrogen-bond acceptors (Lipinski definition) is 4. The van der Waals surface area contributed by atoms with Crippen molar-refractivity contribution in [3.63, 3.8) is 0 Å². The second-order valence-corrected chi connectivity index (χ2v) is 7.88. The lowest BCUT2D eigenvalue weighted by molar-refractivity contribution is -0.129. The van der Waals surface area contributed by atoms with Gasteiger partial charge in [0.1, 0.15) is 0 Å². The highest BCUT2D eigenvalue weighted by Gasteiger charge is 2.40. The monoisotopic (exact) mass is 429 g/mol. The van der Waals surface area contributed by atoms with Crippen molar-refractivity contribution >= 4 is 11.5 Å². The number of benzene rings is 3. The fourth-order valence-corrected chi connectivity index (χ4v) is 4.18. The summed E-state index contributed by atoms with van der Waals surface area (Å²) in [7, 11) is 3.21. The number of aliphatic hydroxyl groups excluding tert-OH is 1. The number of aliphatic hydroxyl groups is 1. The Bertz CT molecular complexity index is 1140. The van der Waals surface area contributed by atoms with Crippen LogP contribution in [-0.4, -0.2) is 36.7 Å². The maximum absolute atomic E-state index is 13.2. The first kappa shape index (κ1) is 21.5.